The predicted octanol–water partition coefficient (Wildman–Crippen LogP) is 2.24. The number of hydrogen-bond acceptors (Lipinski definition) is 3. The molecule has 0 saturated heterocycles. The Kier molecular flexibility index (Phi) is 3.68. The SMILES string of the molecule is CC(C)c1nc(C(=O)NCC2(C)CCCC2)n[nH]1. The van der Waals surface area contributed by atoms with Crippen LogP contribution in [0.5, 0.6) is 0 Å². The van der Waals surface area contributed by atoms with Crippen LogP contribution in [-0.4, -0.2) is 27.6 Å². The zero-order valence-corrected chi connectivity index (χ0v) is 11.4. The zero-order chi connectivity index (χ0) is 13.2. The Morgan fingerprint density at radius 1 is 1.44 bits per heavy atom. The highest BCUT2D eigenvalue weighted by atomic mass is 16.2. The fourth-order valence-corrected chi connectivity index (χ4v) is 2.41. The second-order valence-electron chi connectivity index (χ2n) is 5.90. The number of nitrogens with one attached hydrogen (secondary N) is 2. The molecular weight excluding hydrogens is 228 g/mol. The van der Waals surface area contributed by atoms with Gasteiger partial charge in [0.15, 0.2) is 0 Å². The van der Waals surface area contributed by atoms with Crippen LogP contribution in [0.1, 0.15) is 68.8 Å². The molecule has 18 heavy (non-hydrogen) atoms. The molecule has 0 radical (unpaired) electrons. The molecule has 0 spiro atoms. The highest BCUT2D eigenvalue weighted by Gasteiger charge is 2.29. The number of carbonyl (C=O) groups excluding carboxylic acids is 1. The largest absolute Gasteiger partial charge is 0.349 e. The molecule has 1 fully saturated rings. The summed E-state index contributed by atoms with van der Waals surface area (Å²) in [6.45, 7) is 6.98. The van der Waals surface area contributed by atoms with Crippen LogP contribution in [0.25, 0.3) is 0 Å². The van der Waals surface area contributed by atoms with Crippen molar-refractivity contribution in [2.75, 3.05) is 6.54 Å². The van der Waals surface area contributed by atoms with Crippen molar-refractivity contribution in [2.24, 2.45) is 5.41 Å². The topological polar surface area (TPSA) is 70.7 Å². The van der Waals surface area contributed by atoms with Gasteiger partial charge in [0.2, 0.25) is 5.82 Å². The molecule has 0 aromatic carbocycles. The number of carbonyl (C=O) groups is 1. The Labute approximate surface area is 108 Å². The van der Waals surface area contributed by atoms with Gasteiger partial charge in [-0.3, -0.25) is 9.89 Å². The molecule has 1 saturated carbocycles. The van der Waals surface area contributed by atoms with Crippen molar-refractivity contribution in [3.63, 3.8) is 0 Å². The van der Waals surface area contributed by atoms with E-state index in [2.05, 4.69) is 27.4 Å². The molecule has 5 heteroatoms. The van der Waals surface area contributed by atoms with Crippen LogP contribution in [0, 0.1) is 5.41 Å². The summed E-state index contributed by atoms with van der Waals surface area (Å²) in [6, 6.07) is 0. The molecular formula is C13H22N4O. The average molecular weight is 250 g/mol. The van der Waals surface area contributed by atoms with E-state index in [0.29, 0.717) is 0 Å². The van der Waals surface area contributed by atoms with Crippen molar-refractivity contribution >= 4 is 5.91 Å². The third-order valence-electron chi connectivity index (χ3n) is 3.74. The van der Waals surface area contributed by atoms with Crippen LogP contribution in [0.2, 0.25) is 0 Å². The van der Waals surface area contributed by atoms with E-state index in [1.807, 2.05) is 13.8 Å². The Balaban J connectivity index is 1.91. The standard InChI is InChI=1S/C13H22N4O/c1-9(2)10-15-11(17-16-10)12(18)14-8-13(3)6-4-5-7-13/h9H,4-8H2,1-3H3,(H,14,18)(H,15,16,17). The molecule has 1 aliphatic rings. The first-order valence-electron chi connectivity index (χ1n) is 6.71. The molecule has 0 aliphatic heterocycles. The van der Waals surface area contributed by atoms with Gasteiger partial charge in [0.25, 0.3) is 5.91 Å². The van der Waals surface area contributed by atoms with Gasteiger partial charge in [-0.15, -0.1) is 5.10 Å². The second kappa shape index (κ2) is 5.08. The van der Waals surface area contributed by atoms with Gasteiger partial charge in [0.1, 0.15) is 5.82 Å². The number of hydrogen-bond donors (Lipinski definition) is 2. The highest BCUT2D eigenvalue weighted by Crippen LogP contribution is 2.36. The lowest BCUT2D eigenvalue weighted by atomic mass is 9.89. The number of aromatic nitrogens is 3. The predicted molar refractivity (Wildman–Crippen MR) is 69.4 cm³/mol. The summed E-state index contributed by atoms with van der Waals surface area (Å²) in [5.74, 6) is 1.09. The lowest BCUT2D eigenvalue weighted by molar-refractivity contribution is 0.0924. The molecule has 1 aromatic heterocycles. The van der Waals surface area contributed by atoms with Gasteiger partial charge in [0, 0.05) is 12.5 Å². The maximum atomic E-state index is 11.9. The van der Waals surface area contributed by atoms with E-state index >= 15 is 0 Å². The van der Waals surface area contributed by atoms with Crippen LogP contribution < -0.4 is 5.32 Å². The van der Waals surface area contributed by atoms with Crippen LogP contribution in [0.4, 0.5) is 0 Å². The summed E-state index contributed by atoms with van der Waals surface area (Å²) in [6.07, 6.45) is 4.92. The second-order valence-corrected chi connectivity index (χ2v) is 5.90. The third kappa shape index (κ3) is 2.89. The molecule has 0 bridgehead atoms. The van der Waals surface area contributed by atoms with Crippen LogP contribution in [0.3, 0.4) is 0 Å². The molecule has 1 aliphatic carbocycles. The number of rotatable bonds is 4. The smallest absolute Gasteiger partial charge is 0.290 e. The molecule has 1 amide bonds. The lowest BCUT2D eigenvalue weighted by Crippen LogP contribution is -2.34. The van der Waals surface area contributed by atoms with Gasteiger partial charge in [-0.25, -0.2) is 4.98 Å². The van der Waals surface area contributed by atoms with Crippen molar-refractivity contribution in [3.05, 3.63) is 11.6 Å². The number of aromatic amines is 1. The number of H-pyrrole nitrogens is 1. The summed E-state index contributed by atoms with van der Waals surface area (Å²) in [4.78, 5) is 16.1. The van der Waals surface area contributed by atoms with Gasteiger partial charge in [0.05, 0.1) is 0 Å². The van der Waals surface area contributed by atoms with Crippen molar-refractivity contribution in [2.45, 2.75) is 52.4 Å². The van der Waals surface area contributed by atoms with Crippen molar-refractivity contribution < 1.29 is 4.79 Å². The molecule has 0 atom stereocenters. The monoisotopic (exact) mass is 250 g/mol. The Morgan fingerprint density at radius 2 is 2.11 bits per heavy atom. The van der Waals surface area contributed by atoms with Crippen molar-refractivity contribution in [1.29, 1.82) is 0 Å². The molecule has 1 heterocycles. The summed E-state index contributed by atoms with van der Waals surface area (Å²) >= 11 is 0. The Morgan fingerprint density at radius 3 is 2.67 bits per heavy atom. The Hall–Kier alpha value is -1.39. The lowest BCUT2D eigenvalue weighted by Gasteiger charge is -2.23. The van der Waals surface area contributed by atoms with Crippen LogP contribution in [-0.2, 0) is 0 Å². The molecule has 2 N–H and O–H groups in total. The molecule has 5 nitrogen and oxygen atoms in total. The molecule has 2 rings (SSSR count). The third-order valence-corrected chi connectivity index (χ3v) is 3.74. The van der Waals surface area contributed by atoms with Crippen molar-refractivity contribution in [1.82, 2.24) is 20.5 Å². The summed E-state index contributed by atoms with van der Waals surface area (Å²) in [7, 11) is 0. The molecule has 0 unspecified atom stereocenters. The van der Waals surface area contributed by atoms with Gasteiger partial charge < -0.3 is 5.32 Å². The first-order chi connectivity index (χ1) is 8.50. The number of nitrogens with zero attached hydrogens (tertiary/aromatic N) is 2. The maximum absolute atomic E-state index is 11.9. The Bertz CT molecular complexity index is 418. The minimum atomic E-state index is -0.175. The fourth-order valence-electron chi connectivity index (χ4n) is 2.41. The molecule has 100 valence electrons. The van der Waals surface area contributed by atoms with Gasteiger partial charge in [-0.1, -0.05) is 33.6 Å². The fraction of sp³-hybridized carbons (Fsp3) is 0.769. The minimum Gasteiger partial charge on any atom is -0.349 e. The summed E-state index contributed by atoms with van der Waals surface area (Å²) < 4.78 is 0. The van der Waals surface area contributed by atoms with Crippen molar-refractivity contribution in [3.8, 4) is 0 Å². The van der Waals surface area contributed by atoms with E-state index in [9.17, 15) is 4.79 Å². The van der Waals surface area contributed by atoms with Gasteiger partial charge >= 0.3 is 0 Å². The van der Waals surface area contributed by atoms with E-state index in [1.54, 1.807) is 0 Å². The maximum Gasteiger partial charge on any atom is 0.290 e. The first kappa shape index (κ1) is 13.1. The molecule has 1 aromatic rings. The van der Waals surface area contributed by atoms with E-state index in [1.165, 1.54) is 25.7 Å². The average Bonchev–Trinajstić information content (AvgIpc) is 2.95. The van der Waals surface area contributed by atoms with Gasteiger partial charge in [-0.2, -0.15) is 0 Å². The van der Waals surface area contributed by atoms with E-state index in [4.69, 9.17) is 0 Å². The van der Waals surface area contributed by atoms with Gasteiger partial charge in [-0.05, 0) is 18.3 Å². The van der Waals surface area contributed by atoms with E-state index in [0.717, 1.165) is 12.4 Å². The summed E-state index contributed by atoms with van der Waals surface area (Å²) in [5, 5.41) is 9.71. The van der Waals surface area contributed by atoms with E-state index < -0.39 is 0 Å². The van der Waals surface area contributed by atoms with Crippen LogP contribution in [0.15, 0.2) is 0 Å². The zero-order valence-electron chi connectivity index (χ0n) is 11.4. The van der Waals surface area contributed by atoms with Crippen LogP contribution >= 0.6 is 0 Å². The van der Waals surface area contributed by atoms with E-state index in [-0.39, 0.29) is 23.1 Å². The summed E-state index contributed by atoms with van der Waals surface area (Å²) in [5.41, 5.74) is 0.257. The highest BCUT2D eigenvalue weighted by molar-refractivity contribution is 5.90. The normalized spacial score (nSPS) is 18.2. The quantitative estimate of drug-likeness (QED) is 0.861. The first-order valence-corrected chi connectivity index (χ1v) is 6.71. The number of amides is 1. The minimum absolute atomic E-state index is 0.175.